The monoisotopic (exact) mass is 303 g/mol. The second-order valence-electron chi connectivity index (χ2n) is 5.50. The molecule has 1 heterocycles. The van der Waals surface area contributed by atoms with Crippen molar-refractivity contribution in [3.63, 3.8) is 0 Å². The summed E-state index contributed by atoms with van der Waals surface area (Å²) in [5, 5.41) is 3.88. The molecular weight excluding hydrogens is 278 g/mol. The predicted molar refractivity (Wildman–Crippen MR) is 79.2 cm³/mol. The summed E-state index contributed by atoms with van der Waals surface area (Å²) in [6.45, 7) is 6.33. The van der Waals surface area contributed by atoms with Gasteiger partial charge in [-0.2, -0.15) is 0 Å². The minimum atomic E-state index is -3.23. The first-order valence-electron chi connectivity index (χ1n) is 6.77. The van der Waals surface area contributed by atoms with Gasteiger partial charge in [0, 0.05) is 11.6 Å². The highest BCUT2D eigenvalue weighted by molar-refractivity contribution is 7.89. The quantitative estimate of drug-likeness (QED) is 0.778. The molecule has 0 spiro atoms. The first kappa shape index (κ1) is 17.1. The molecule has 7 heteroatoms. The zero-order valence-corrected chi connectivity index (χ0v) is 13.7. The Bertz CT molecular complexity index is 503. The predicted octanol–water partition coefficient (Wildman–Crippen LogP) is 1.09. The Morgan fingerprint density at radius 3 is 2.50 bits per heavy atom. The van der Waals surface area contributed by atoms with Gasteiger partial charge in [0.15, 0.2) is 0 Å². The zero-order valence-electron chi connectivity index (χ0n) is 12.9. The molecule has 1 aromatic rings. The largest absolute Gasteiger partial charge is 0.361 e. The molecule has 0 fully saturated rings. The Labute approximate surface area is 121 Å². The maximum absolute atomic E-state index is 12.0. The molecule has 1 atom stereocenters. The molecule has 0 saturated heterocycles. The highest BCUT2D eigenvalue weighted by Crippen LogP contribution is 2.14. The number of hydrogen-bond donors (Lipinski definition) is 1. The van der Waals surface area contributed by atoms with Crippen LogP contribution in [-0.4, -0.2) is 50.9 Å². The summed E-state index contributed by atoms with van der Waals surface area (Å²) in [7, 11) is 0.628. The summed E-state index contributed by atoms with van der Waals surface area (Å²) in [5.41, 5.74) is 1.80. The van der Waals surface area contributed by atoms with Crippen LogP contribution >= 0.6 is 0 Å². The molecular formula is C13H25N3O3S. The average Bonchev–Trinajstić information content (AvgIpc) is 2.59. The van der Waals surface area contributed by atoms with Crippen LogP contribution in [0.1, 0.15) is 30.4 Å². The highest BCUT2D eigenvalue weighted by atomic mass is 32.2. The molecule has 1 unspecified atom stereocenters. The second kappa shape index (κ2) is 7.19. The second-order valence-corrected chi connectivity index (χ2v) is 7.37. The molecule has 0 amide bonds. The minimum Gasteiger partial charge on any atom is -0.361 e. The molecule has 1 aromatic heterocycles. The van der Waals surface area contributed by atoms with Gasteiger partial charge >= 0.3 is 0 Å². The topological polar surface area (TPSA) is 75.4 Å². The summed E-state index contributed by atoms with van der Waals surface area (Å²) < 4.78 is 31.7. The van der Waals surface area contributed by atoms with Crippen molar-refractivity contribution in [1.82, 2.24) is 14.8 Å². The summed E-state index contributed by atoms with van der Waals surface area (Å²) in [5.74, 6) is 0.901. The van der Waals surface area contributed by atoms with Gasteiger partial charge in [-0.15, -0.1) is 0 Å². The van der Waals surface area contributed by atoms with Crippen molar-refractivity contribution in [3.8, 4) is 0 Å². The lowest BCUT2D eigenvalue weighted by molar-refractivity contribution is 0.391. The lowest BCUT2D eigenvalue weighted by atomic mass is 10.1. The zero-order chi connectivity index (χ0) is 15.3. The Kier molecular flexibility index (Phi) is 6.16. The van der Waals surface area contributed by atoms with Crippen molar-refractivity contribution in [2.24, 2.45) is 0 Å². The van der Waals surface area contributed by atoms with E-state index in [0.717, 1.165) is 23.6 Å². The van der Waals surface area contributed by atoms with E-state index in [9.17, 15) is 8.42 Å². The van der Waals surface area contributed by atoms with Crippen LogP contribution in [0.5, 0.6) is 0 Å². The van der Waals surface area contributed by atoms with Gasteiger partial charge < -0.3 is 9.42 Å². The summed E-state index contributed by atoms with van der Waals surface area (Å²) in [6.07, 6.45) is 1.22. The van der Waals surface area contributed by atoms with E-state index < -0.39 is 10.0 Å². The van der Waals surface area contributed by atoms with Gasteiger partial charge in [-0.1, -0.05) is 5.16 Å². The molecule has 0 aliphatic heterocycles. The van der Waals surface area contributed by atoms with Gasteiger partial charge in [0.1, 0.15) is 5.76 Å². The lowest BCUT2D eigenvalue weighted by Crippen LogP contribution is -2.36. The molecule has 1 N–H and O–H groups in total. The van der Waals surface area contributed by atoms with Crippen LogP contribution in [0.2, 0.25) is 0 Å². The standard InChI is InChI=1S/C13H25N3O3S/c1-10(9-13-11(2)14-19-12(13)3)15-20(17,18)8-6-7-16(4)5/h10,15H,6-9H2,1-5H3. The van der Waals surface area contributed by atoms with Gasteiger partial charge in [-0.25, -0.2) is 13.1 Å². The third-order valence-corrected chi connectivity index (χ3v) is 4.68. The first-order valence-corrected chi connectivity index (χ1v) is 8.43. The number of nitrogens with zero attached hydrogens (tertiary/aromatic N) is 2. The molecule has 0 saturated carbocycles. The molecule has 116 valence electrons. The van der Waals surface area contributed by atoms with E-state index in [1.165, 1.54) is 0 Å². The molecule has 6 nitrogen and oxygen atoms in total. The van der Waals surface area contributed by atoms with Gasteiger partial charge in [-0.05, 0) is 54.3 Å². The van der Waals surface area contributed by atoms with Crippen molar-refractivity contribution in [2.75, 3.05) is 26.4 Å². The normalized spacial score (nSPS) is 13.9. The van der Waals surface area contributed by atoms with E-state index in [4.69, 9.17) is 4.52 Å². The first-order chi connectivity index (χ1) is 9.21. The van der Waals surface area contributed by atoms with Crippen LogP contribution in [0, 0.1) is 13.8 Å². The van der Waals surface area contributed by atoms with Crippen molar-refractivity contribution >= 4 is 10.0 Å². The maximum atomic E-state index is 12.0. The average molecular weight is 303 g/mol. The third-order valence-electron chi connectivity index (χ3n) is 3.09. The maximum Gasteiger partial charge on any atom is 0.211 e. The van der Waals surface area contributed by atoms with Gasteiger partial charge in [0.25, 0.3) is 0 Å². The van der Waals surface area contributed by atoms with Crippen molar-refractivity contribution < 1.29 is 12.9 Å². The van der Waals surface area contributed by atoms with Crippen LogP contribution in [-0.2, 0) is 16.4 Å². The lowest BCUT2D eigenvalue weighted by Gasteiger charge is -2.15. The van der Waals surface area contributed by atoms with Crippen LogP contribution in [0.3, 0.4) is 0 Å². The molecule has 1 rings (SSSR count). The number of sulfonamides is 1. The number of hydrogen-bond acceptors (Lipinski definition) is 5. The molecule has 0 aliphatic carbocycles. The van der Waals surface area contributed by atoms with Gasteiger partial charge in [0.2, 0.25) is 10.0 Å². The van der Waals surface area contributed by atoms with Crippen molar-refractivity contribution in [1.29, 1.82) is 0 Å². The Hall–Kier alpha value is -0.920. The molecule has 0 bridgehead atoms. The van der Waals surface area contributed by atoms with E-state index in [1.54, 1.807) is 0 Å². The van der Waals surface area contributed by atoms with E-state index >= 15 is 0 Å². The van der Waals surface area contributed by atoms with E-state index in [2.05, 4.69) is 9.88 Å². The van der Waals surface area contributed by atoms with E-state index in [0.29, 0.717) is 12.8 Å². The van der Waals surface area contributed by atoms with Crippen molar-refractivity contribution in [3.05, 3.63) is 17.0 Å². The van der Waals surface area contributed by atoms with Crippen LogP contribution < -0.4 is 4.72 Å². The Morgan fingerprint density at radius 1 is 1.35 bits per heavy atom. The fourth-order valence-electron chi connectivity index (χ4n) is 2.08. The van der Waals surface area contributed by atoms with Gasteiger partial charge in [-0.3, -0.25) is 0 Å². The van der Waals surface area contributed by atoms with E-state index in [1.807, 2.05) is 39.8 Å². The summed E-state index contributed by atoms with van der Waals surface area (Å²) >= 11 is 0. The SMILES string of the molecule is Cc1noc(C)c1CC(C)NS(=O)(=O)CCCN(C)C. The molecule has 0 radical (unpaired) electrons. The molecule has 20 heavy (non-hydrogen) atoms. The van der Waals surface area contributed by atoms with Gasteiger partial charge in [0.05, 0.1) is 11.4 Å². The fourth-order valence-corrected chi connectivity index (χ4v) is 3.40. The van der Waals surface area contributed by atoms with Crippen molar-refractivity contribution in [2.45, 2.75) is 39.7 Å². The fraction of sp³-hybridized carbons (Fsp3) is 0.769. The Balaban J connectivity index is 2.51. The van der Waals surface area contributed by atoms with Crippen LogP contribution in [0.15, 0.2) is 4.52 Å². The minimum absolute atomic E-state index is 0.150. The van der Waals surface area contributed by atoms with Crippen LogP contribution in [0.4, 0.5) is 0 Å². The molecule has 0 aliphatic rings. The number of aromatic nitrogens is 1. The van der Waals surface area contributed by atoms with Crippen LogP contribution in [0.25, 0.3) is 0 Å². The summed E-state index contributed by atoms with van der Waals surface area (Å²) in [4.78, 5) is 1.98. The third kappa shape index (κ3) is 5.60. The smallest absolute Gasteiger partial charge is 0.211 e. The number of nitrogens with one attached hydrogen (secondary N) is 1. The van der Waals surface area contributed by atoms with E-state index in [-0.39, 0.29) is 11.8 Å². The number of rotatable bonds is 8. The summed E-state index contributed by atoms with van der Waals surface area (Å²) in [6, 6.07) is -0.170. The number of aryl methyl sites for hydroxylation is 2. The Morgan fingerprint density at radius 2 is 2.00 bits per heavy atom. The highest BCUT2D eigenvalue weighted by Gasteiger charge is 2.18. The molecule has 0 aromatic carbocycles.